The van der Waals surface area contributed by atoms with Crippen molar-refractivity contribution in [3.63, 3.8) is 0 Å². The fraction of sp³-hybridized carbons (Fsp3) is 0.462. The standard InChI is InChI=1S/C13H20N2O2/c16-10-6-2-5-9-14-13(17)15-11-12-7-3-1-4-8-12/h1,3-4,7-8,16H,2,5-6,9-11H2,(H2,14,15,17). The van der Waals surface area contributed by atoms with Crippen LogP contribution in [0.4, 0.5) is 4.79 Å². The first-order chi connectivity index (χ1) is 8.33. The molecule has 0 saturated heterocycles. The first-order valence-electron chi connectivity index (χ1n) is 5.99. The first kappa shape index (κ1) is 13.5. The van der Waals surface area contributed by atoms with Crippen LogP contribution in [-0.4, -0.2) is 24.3 Å². The molecule has 0 atom stereocenters. The molecule has 0 aromatic heterocycles. The third-order valence-corrected chi connectivity index (χ3v) is 2.42. The van der Waals surface area contributed by atoms with Crippen LogP contribution in [0.1, 0.15) is 24.8 Å². The molecular formula is C13H20N2O2. The molecule has 1 aromatic rings. The summed E-state index contributed by atoms with van der Waals surface area (Å²) in [5.74, 6) is 0. The van der Waals surface area contributed by atoms with Gasteiger partial charge in [0.05, 0.1) is 0 Å². The van der Waals surface area contributed by atoms with Crippen LogP contribution in [0.15, 0.2) is 30.3 Å². The van der Waals surface area contributed by atoms with Crippen molar-refractivity contribution in [2.45, 2.75) is 25.8 Å². The summed E-state index contributed by atoms with van der Waals surface area (Å²) in [5, 5.41) is 14.2. The molecule has 0 aliphatic carbocycles. The SMILES string of the molecule is O=C(NCCCCCO)NCc1ccccc1. The lowest BCUT2D eigenvalue weighted by molar-refractivity contribution is 0.240. The van der Waals surface area contributed by atoms with Crippen molar-refractivity contribution in [1.29, 1.82) is 0 Å². The maximum atomic E-state index is 11.4. The maximum absolute atomic E-state index is 11.4. The molecule has 0 radical (unpaired) electrons. The van der Waals surface area contributed by atoms with E-state index in [1.807, 2.05) is 30.3 Å². The molecule has 0 unspecified atom stereocenters. The predicted molar refractivity (Wildman–Crippen MR) is 67.6 cm³/mol. The van der Waals surface area contributed by atoms with Gasteiger partial charge in [-0.2, -0.15) is 0 Å². The van der Waals surface area contributed by atoms with E-state index in [-0.39, 0.29) is 12.6 Å². The summed E-state index contributed by atoms with van der Waals surface area (Å²) in [6, 6.07) is 9.65. The normalized spacial score (nSPS) is 9.94. The van der Waals surface area contributed by atoms with Crippen molar-refractivity contribution in [3.05, 3.63) is 35.9 Å². The van der Waals surface area contributed by atoms with E-state index in [4.69, 9.17) is 5.11 Å². The van der Waals surface area contributed by atoms with Gasteiger partial charge >= 0.3 is 6.03 Å². The molecular weight excluding hydrogens is 216 g/mol. The highest BCUT2D eigenvalue weighted by Crippen LogP contribution is 1.97. The van der Waals surface area contributed by atoms with Gasteiger partial charge in [0.15, 0.2) is 0 Å². The molecule has 0 bridgehead atoms. The van der Waals surface area contributed by atoms with Crippen molar-refractivity contribution >= 4 is 6.03 Å². The Labute approximate surface area is 102 Å². The fourth-order valence-electron chi connectivity index (χ4n) is 1.46. The average Bonchev–Trinajstić information content (AvgIpc) is 2.37. The quantitative estimate of drug-likeness (QED) is 0.630. The number of carbonyl (C=O) groups excluding carboxylic acids is 1. The number of amides is 2. The van der Waals surface area contributed by atoms with Gasteiger partial charge in [-0.25, -0.2) is 4.79 Å². The van der Waals surface area contributed by atoms with Crippen molar-refractivity contribution in [2.75, 3.05) is 13.2 Å². The van der Waals surface area contributed by atoms with Gasteiger partial charge in [-0.05, 0) is 24.8 Å². The molecule has 17 heavy (non-hydrogen) atoms. The molecule has 0 aliphatic heterocycles. The van der Waals surface area contributed by atoms with Gasteiger partial charge in [0.2, 0.25) is 0 Å². The average molecular weight is 236 g/mol. The van der Waals surface area contributed by atoms with E-state index >= 15 is 0 Å². The minimum Gasteiger partial charge on any atom is -0.396 e. The summed E-state index contributed by atoms with van der Waals surface area (Å²) in [6.07, 6.45) is 2.64. The highest BCUT2D eigenvalue weighted by molar-refractivity contribution is 5.73. The van der Waals surface area contributed by atoms with E-state index in [1.54, 1.807) is 0 Å². The number of hydrogen-bond acceptors (Lipinski definition) is 2. The number of carbonyl (C=O) groups is 1. The summed E-state index contributed by atoms with van der Waals surface area (Å²) < 4.78 is 0. The second kappa shape index (κ2) is 8.58. The third kappa shape index (κ3) is 6.58. The molecule has 3 N–H and O–H groups in total. The molecule has 0 fully saturated rings. The predicted octanol–water partition coefficient (Wildman–Crippen LogP) is 1.65. The molecule has 0 saturated carbocycles. The minimum absolute atomic E-state index is 0.141. The number of urea groups is 1. The van der Waals surface area contributed by atoms with E-state index in [0.29, 0.717) is 13.1 Å². The number of hydrogen-bond donors (Lipinski definition) is 3. The van der Waals surface area contributed by atoms with Gasteiger partial charge in [-0.3, -0.25) is 0 Å². The Morgan fingerprint density at radius 3 is 2.53 bits per heavy atom. The largest absolute Gasteiger partial charge is 0.396 e. The minimum atomic E-state index is -0.141. The number of aliphatic hydroxyl groups excluding tert-OH is 1. The molecule has 4 heteroatoms. The van der Waals surface area contributed by atoms with E-state index in [9.17, 15) is 4.79 Å². The Bertz CT molecular complexity index is 314. The van der Waals surface area contributed by atoms with Crippen LogP contribution in [0.25, 0.3) is 0 Å². The zero-order chi connectivity index (χ0) is 12.3. The highest BCUT2D eigenvalue weighted by atomic mass is 16.2. The van der Waals surface area contributed by atoms with Crippen molar-refractivity contribution in [1.82, 2.24) is 10.6 Å². The Morgan fingerprint density at radius 2 is 1.82 bits per heavy atom. The lowest BCUT2D eigenvalue weighted by atomic mass is 10.2. The van der Waals surface area contributed by atoms with Crippen LogP contribution in [0.3, 0.4) is 0 Å². The van der Waals surface area contributed by atoms with Crippen LogP contribution in [0, 0.1) is 0 Å². The number of nitrogens with one attached hydrogen (secondary N) is 2. The Hall–Kier alpha value is -1.55. The molecule has 0 heterocycles. The summed E-state index contributed by atoms with van der Waals surface area (Å²) >= 11 is 0. The molecule has 0 spiro atoms. The second-order valence-electron chi connectivity index (χ2n) is 3.88. The summed E-state index contributed by atoms with van der Waals surface area (Å²) in [7, 11) is 0. The summed E-state index contributed by atoms with van der Waals surface area (Å²) in [5.41, 5.74) is 1.09. The molecule has 1 aromatic carbocycles. The van der Waals surface area contributed by atoms with Gasteiger partial charge < -0.3 is 15.7 Å². The van der Waals surface area contributed by atoms with E-state index in [2.05, 4.69) is 10.6 Å². The Kier molecular flexibility index (Phi) is 6.82. The van der Waals surface area contributed by atoms with Crippen LogP contribution in [-0.2, 0) is 6.54 Å². The smallest absolute Gasteiger partial charge is 0.315 e. The maximum Gasteiger partial charge on any atom is 0.315 e. The number of aliphatic hydroxyl groups is 1. The van der Waals surface area contributed by atoms with Crippen molar-refractivity contribution < 1.29 is 9.90 Å². The van der Waals surface area contributed by atoms with Gasteiger partial charge in [0.25, 0.3) is 0 Å². The molecule has 4 nitrogen and oxygen atoms in total. The van der Waals surface area contributed by atoms with Gasteiger partial charge in [0, 0.05) is 19.7 Å². The molecule has 0 aliphatic rings. The zero-order valence-electron chi connectivity index (χ0n) is 9.98. The van der Waals surface area contributed by atoms with Crippen molar-refractivity contribution in [2.24, 2.45) is 0 Å². The van der Waals surface area contributed by atoms with E-state index < -0.39 is 0 Å². The summed E-state index contributed by atoms with van der Waals surface area (Å²) in [6.45, 7) is 1.42. The molecule has 94 valence electrons. The topological polar surface area (TPSA) is 61.4 Å². The lowest BCUT2D eigenvalue weighted by Crippen LogP contribution is -2.35. The van der Waals surface area contributed by atoms with Gasteiger partial charge in [-0.1, -0.05) is 30.3 Å². The second-order valence-corrected chi connectivity index (χ2v) is 3.88. The fourth-order valence-corrected chi connectivity index (χ4v) is 1.46. The first-order valence-corrected chi connectivity index (χ1v) is 5.99. The highest BCUT2D eigenvalue weighted by Gasteiger charge is 1.98. The Balaban J connectivity index is 2.05. The van der Waals surface area contributed by atoms with Crippen LogP contribution in [0.2, 0.25) is 0 Å². The number of unbranched alkanes of at least 4 members (excludes halogenated alkanes) is 2. The van der Waals surface area contributed by atoms with Gasteiger partial charge in [0.1, 0.15) is 0 Å². The van der Waals surface area contributed by atoms with Crippen molar-refractivity contribution in [3.8, 4) is 0 Å². The molecule has 2 amide bonds. The monoisotopic (exact) mass is 236 g/mol. The third-order valence-electron chi connectivity index (χ3n) is 2.42. The van der Waals surface area contributed by atoms with Crippen LogP contribution < -0.4 is 10.6 Å². The number of benzene rings is 1. The Morgan fingerprint density at radius 1 is 1.06 bits per heavy atom. The number of rotatable bonds is 7. The van der Waals surface area contributed by atoms with Crippen LogP contribution in [0.5, 0.6) is 0 Å². The summed E-state index contributed by atoms with van der Waals surface area (Å²) in [4.78, 5) is 11.4. The van der Waals surface area contributed by atoms with E-state index in [1.165, 1.54) is 0 Å². The van der Waals surface area contributed by atoms with Crippen LogP contribution >= 0.6 is 0 Å². The molecule has 1 rings (SSSR count). The van der Waals surface area contributed by atoms with Gasteiger partial charge in [-0.15, -0.1) is 0 Å². The van der Waals surface area contributed by atoms with E-state index in [0.717, 1.165) is 24.8 Å². The lowest BCUT2D eigenvalue weighted by Gasteiger charge is -2.07. The zero-order valence-corrected chi connectivity index (χ0v) is 9.98.